The Morgan fingerprint density at radius 3 is 2.78 bits per heavy atom. The summed E-state index contributed by atoms with van der Waals surface area (Å²) in [7, 11) is 0. The highest BCUT2D eigenvalue weighted by atomic mass is 16.5. The molecule has 0 aliphatic carbocycles. The first-order valence-electron chi connectivity index (χ1n) is 6.73. The van der Waals surface area contributed by atoms with Gasteiger partial charge in [0.05, 0.1) is 12.6 Å². The molecule has 0 aromatic carbocycles. The molecular formula is C12H22N4O2. The van der Waals surface area contributed by atoms with Crippen LogP contribution in [-0.2, 0) is 11.3 Å². The maximum Gasteiger partial charge on any atom is 0.318 e. The highest BCUT2D eigenvalue weighted by Crippen LogP contribution is 2.20. The van der Waals surface area contributed by atoms with Gasteiger partial charge in [-0.3, -0.25) is 0 Å². The van der Waals surface area contributed by atoms with Crippen LogP contribution in [0.15, 0.2) is 4.42 Å². The molecule has 18 heavy (non-hydrogen) atoms. The highest BCUT2D eigenvalue weighted by Gasteiger charge is 2.22. The summed E-state index contributed by atoms with van der Waals surface area (Å²) < 4.78 is 11.2. The number of anilines is 1. The van der Waals surface area contributed by atoms with Gasteiger partial charge in [-0.2, -0.15) is 0 Å². The van der Waals surface area contributed by atoms with E-state index in [4.69, 9.17) is 9.15 Å². The van der Waals surface area contributed by atoms with Gasteiger partial charge in [0.15, 0.2) is 0 Å². The molecule has 1 N–H and O–H groups in total. The van der Waals surface area contributed by atoms with E-state index in [-0.39, 0.29) is 0 Å². The molecule has 1 fully saturated rings. The summed E-state index contributed by atoms with van der Waals surface area (Å²) in [5.41, 5.74) is 0. The van der Waals surface area contributed by atoms with Crippen molar-refractivity contribution < 1.29 is 9.15 Å². The third-order valence-corrected chi connectivity index (χ3v) is 3.10. The Bertz CT molecular complexity index is 348. The molecule has 0 amide bonds. The van der Waals surface area contributed by atoms with E-state index >= 15 is 0 Å². The molecular weight excluding hydrogens is 232 g/mol. The molecule has 0 atom stereocenters. The maximum absolute atomic E-state index is 5.62. The van der Waals surface area contributed by atoms with Crippen molar-refractivity contribution in [1.82, 2.24) is 15.5 Å². The van der Waals surface area contributed by atoms with Crippen LogP contribution in [0, 0.1) is 0 Å². The Hall–Kier alpha value is -1.14. The fourth-order valence-electron chi connectivity index (χ4n) is 2.13. The molecule has 6 nitrogen and oxygen atoms in total. The molecule has 1 aliphatic rings. The molecule has 1 aromatic rings. The lowest BCUT2D eigenvalue weighted by molar-refractivity contribution is 0.0453. The summed E-state index contributed by atoms with van der Waals surface area (Å²) in [5, 5.41) is 11.3. The Balaban J connectivity index is 1.83. The third-order valence-electron chi connectivity index (χ3n) is 3.10. The minimum Gasteiger partial charge on any atom is -0.407 e. The molecule has 1 aromatic heterocycles. The minimum absolute atomic E-state index is 0.385. The lowest BCUT2D eigenvalue weighted by atomic mass is 10.1. The van der Waals surface area contributed by atoms with Crippen LogP contribution in [0.1, 0.15) is 32.6 Å². The summed E-state index contributed by atoms with van der Waals surface area (Å²) >= 11 is 0. The monoisotopic (exact) mass is 254 g/mol. The quantitative estimate of drug-likeness (QED) is 0.822. The molecule has 0 bridgehead atoms. The van der Waals surface area contributed by atoms with Gasteiger partial charge in [0, 0.05) is 19.7 Å². The number of ether oxygens (including phenoxy) is 1. The highest BCUT2D eigenvalue weighted by molar-refractivity contribution is 5.24. The van der Waals surface area contributed by atoms with Crippen molar-refractivity contribution in [2.45, 2.75) is 39.3 Å². The Morgan fingerprint density at radius 1 is 1.33 bits per heavy atom. The first-order chi connectivity index (χ1) is 8.83. The van der Waals surface area contributed by atoms with Crippen LogP contribution in [0.2, 0.25) is 0 Å². The number of aromatic nitrogens is 2. The van der Waals surface area contributed by atoms with E-state index in [0.717, 1.165) is 39.1 Å². The minimum atomic E-state index is 0.385. The molecule has 0 unspecified atom stereocenters. The molecule has 1 saturated heterocycles. The van der Waals surface area contributed by atoms with Crippen molar-refractivity contribution in [3.8, 4) is 0 Å². The van der Waals surface area contributed by atoms with Crippen LogP contribution >= 0.6 is 0 Å². The predicted octanol–water partition coefficient (Wildman–Crippen LogP) is 1.18. The van der Waals surface area contributed by atoms with Gasteiger partial charge in [-0.05, 0) is 26.3 Å². The lowest BCUT2D eigenvalue weighted by Crippen LogP contribution is -2.37. The van der Waals surface area contributed by atoms with Crippen LogP contribution in [0.25, 0.3) is 0 Å². The normalized spacial score (nSPS) is 17.3. The topological polar surface area (TPSA) is 63.4 Å². The molecule has 2 heterocycles. The van der Waals surface area contributed by atoms with Crippen molar-refractivity contribution >= 4 is 6.01 Å². The number of piperidine rings is 1. The summed E-state index contributed by atoms with van der Waals surface area (Å²) in [6.07, 6.45) is 2.44. The number of hydrogen-bond acceptors (Lipinski definition) is 6. The fraction of sp³-hybridized carbons (Fsp3) is 0.833. The van der Waals surface area contributed by atoms with Gasteiger partial charge < -0.3 is 19.4 Å². The second-order valence-corrected chi connectivity index (χ2v) is 4.40. The molecule has 0 saturated carbocycles. The fourth-order valence-corrected chi connectivity index (χ4v) is 2.13. The van der Waals surface area contributed by atoms with E-state index in [2.05, 4.69) is 27.3 Å². The molecule has 0 radical (unpaired) electrons. The van der Waals surface area contributed by atoms with Crippen LogP contribution in [0.4, 0.5) is 6.01 Å². The first-order valence-corrected chi connectivity index (χ1v) is 6.73. The van der Waals surface area contributed by atoms with Crippen LogP contribution in [0.3, 0.4) is 0 Å². The first kappa shape index (κ1) is 13.3. The van der Waals surface area contributed by atoms with Gasteiger partial charge in [0.2, 0.25) is 5.89 Å². The Kier molecular flexibility index (Phi) is 4.95. The average molecular weight is 254 g/mol. The standard InChI is InChI=1S/C12H22N4O2/c1-3-13-9-11-14-15-12(18-11)16-7-5-10(6-8-16)17-4-2/h10,13H,3-9H2,1-2H3. The van der Waals surface area contributed by atoms with E-state index < -0.39 is 0 Å². The zero-order valence-corrected chi connectivity index (χ0v) is 11.2. The second kappa shape index (κ2) is 6.70. The van der Waals surface area contributed by atoms with E-state index in [1.165, 1.54) is 0 Å². The molecule has 102 valence electrons. The molecule has 6 heteroatoms. The largest absolute Gasteiger partial charge is 0.407 e. The number of nitrogens with zero attached hydrogens (tertiary/aromatic N) is 3. The zero-order chi connectivity index (χ0) is 12.8. The second-order valence-electron chi connectivity index (χ2n) is 4.40. The van der Waals surface area contributed by atoms with E-state index in [1.54, 1.807) is 0 Å². The van der Waals surface area contributed by atoms with Crippen molar-refractivity contribution in [1.29, 1.82) is 0 Å². The van der Waals surface area contributed by atoms with Crippen molar-refractivity contribution in [3.63, 3.8) is 0 Å². The predicted molar refractivity (Wildman–Crippen MR) is 68.5 cm³/mol. The Morgan fingerprint density at radius 2 is 2.11 bits per heavy atom. The van der Waals surface area contributed by atoms with E-state index in [0.29, 0.717) is 24.6 Å². The van der Waals surface area contributed by atoms with Gasteiger partial charge in [0.25, 0.3) is 0 Å². The number of rotatable bonds is 6. The van der Waals surface area contributed by atoms with Crippen molar-refractivity contribution in [2.24, 2.45) is 0 Å². The van der Waals surface area contributed by atoms with Gasteiger partial charge in [-0.1, -0.05) is 12.0 Å². The van der Waals surface area contributed by atoms with Gasteiger partial charge >= 0.3 is 6.01 Å². The van der Waals surface area contributed by atoms with Gasteiger partial charge in [-0.15, -0.1) is 5.10 Å². The SMILES string of the molecule is CCNCc1nnc(N2CCC(OCC)CC2)o1. The van der Waals surface area contributed by atoms with E-state index in [9.17, 15) is 0 Å². The molecule has 2 rings (SSSR count). The summed E-state index contributed by atoms with van der Waals surface area (Å²) in [6.45, 7) is 8.27. The Labute approximate surface area is 108 Å². The smallest absolute Gasteiger partial charge is 0.318 e. The lowest BCUT2D eigenvalue weighted by Gasteiger charge is -2.30. The third kappa shape index (κ3) is 3.43. The average Bonchev–Trinajstić information content (AvgIpc) is 2.86. The van der Waals surface area contributed by atoms with Crippen molar-refractivity contribution in [3.05, 3.63) is 5.89 Å². The van der Waals surface area contributed by atoms with Crippen LogP contribution < -0.4 is 10.2 Å². The van der Waals surface area contributed by atoms with Crippen LogP contribution in [0.5, 0.6) is 0 Å². The van der Waals surface area contributed by atoms with Gasteiger partial charge in [0.1, 0.15) is 0 Å². The zero-order valence-electron chi connectivity index (χ0n) is 11.2. The van der Waals surface area contributed by atoms with Crippen LogP contribution in [-0.4, -0.2) is 42.5 Å². The van der Waals surface area contributed by atoms with Gasteiger partial charge in [-0.25, -0.2) is 0 Å². The summed E-state index contributed by atoms with van der Waals surface area (Å²) in [6, 6.07) is 0.637. The molecule has 1 aliphatic heterocycles. The van der Waals surface area contributed by atoms with Crippen molar-refractivity contribution in [2.75, 3.05) is 31.1 Å². The summed E-state index contributed by atoms with van der Waals surface area (Å²) in [4.78, 5) is 2.14. The van der Waals surface area contributed by atoms with E-state index in [1.807, 2.05) is 6.92 Å². The summed E-state index contributed by atoms with van der Waals surface area (Å²) in [5.74, 6) is 0.652. The number of hydrogen-bond donors (Lipinski definition) is 1. The molecule has 0 spiro atoms. The number of nitrogens with one attached hydrogen (secondary N) is 1. The maximum atomic E-state index is 5.62.